The van der Waals surface area contributed by atoms with Crippen LogP contribution < -0.4 is 11.3 Å². The van der Waals surface area contributed by atoms with Gasteiger partial charge in [-0.15, -0.1) is 0 Å². The van der Waals surface area contributed by atoms with Crippen molar-refractivity contribution in [2.75, 3.05) is 7.05 Å². The van der Waals surface area contributed by atoms with Gasteiger partial charge in [0, 0.05) is 6.54 Å². The minimum atomic E-state index is -0.167. The average Bonchev–Trinajstić information content (AvgIpc) is 2.37. The van der Waals surface area contributed by atoms with Crippen molar-refractivity contribution in [3.8, 4) is 0 Å². The van der Waals surface area contributed by atoms with Gasteiger partial charge in [0.25, 0.3) is 5.91 Å². The standard InChI is InChI=1S/C14H23N3O/c1-4-7-13(14(18)16-15)17(3)10-12-9-6-5-8-11(12)2/h5-6,8-9,13H,4,7,10,15H2,1-3H3,(H,16,18). The van der Waals surface area contributed by atoms with Crippen LogP contribution >= 0.6 is 0 Å². The topological polar surface area (TPSA) is 58.4 Å². The number of benzene rings is 1. The first kappa shape index (κ1) is 14.7. The van der Waals surface area contributed by atoms with Gasteiger partial charge in [-0.05, 0) is 31.5 Å². The second kappa shape index (κ2) is 7.13. The molecule has 0 aliphatic carbocycles. The summed E-state index contributed by atoms with van der Waals surface area (Å²) in [6.07, 6.45) is 1.77. The minimum Gasteiger partial charge on any atom is -0.293 e. The van der Waals surface area contributed by atoms with Crippen LogP contribution in [0.1, 0.15) is 30.9 Å². The van der Waals surface area contributed by atoms with E-state index >= 15 is 0 Å². The second-order valence-corrected chi connectivity index (χ2v) is 4.65. The number of carbonyl (C=O) groups is 1. The molecule has 0 aromatic heterocycles. The van der Waals surface area contributed by atoms with Gasteiger partial charge < -0.3 is 0 Å². The SMILES string of the molecule is CCCC(C(=O)NN)N(C)Cc1ccccc1C. The minimum absolute atomic E-state index is 0.118. The van der Waals surface area contributed by atoms with E-state index in [-0.39, 0.29) is 11.9 Å². The van der Waals surface area contributed by atoms with Gasteiger partial charge >= 0.3 is 0 Å². The molecule has 100 valence electrons. The van der Waals surface area contributed by atoms with Crippen LogP contribution in [0, 0.1) is 6.92 Å². The van der Waals surface area contributed by atoms with Crippen LogP contribution in [0.5, 0.6) is 0 Å². The zero-order valence-corrected chi connectivity index (χ0v) is 11.4. The maximum atomic E-state index is 11.7. The zero-order chi connectivity index (χ0) is 13.5. The maximum Gasteiger partial charge on any atom is 0.251 e. The van der Waals surface area contributed by atoms with Crippen LogP contribution in [0.4, 0.5) is 0 Å². The molecule has 0 fully saturated rings. The molecule has 0 aliphatic heterocycles. The number of hydrogen-bond donors (Lipinski definition) is 2. The smallest absolute Gasteiger partial charge is 0.251 e. The van der Waals surface area contributed by atoms with Crippen molar-refractivity contribution < 1.29 is 4.79 Å². The molecule has 18 heavy (non-hydrogen) atoms. The maximum absolute atomic E-state index is 11.7. The number of carbonyl (C=O) groups excluding carboxylic acids is 1. The number of hydrazine groups is 1. The Bertz CT molecular complexity index is 392. The van der Waals surface area contributed by atoms with E-state index in [0.29, 0.717) is 0 Å². The van der Waals surface area contributed by atoms with Gasteiger partial charge in [0.15, 0.2) is 0 Å². The largest absolute Gasteiger partial charge is 0.293 e. The van der Waals surface area contributed by atoms with Gasteiger partial charge in [-0.3, -0.25) is 15.1 Å². The normalized spacial score (nSPS) is 12.5. The van der Waals surface area contributed by atoms with Crippen LogP contribution in [0.25, 0.3) is 0 Å². The third-order valence-electron chi connectivity index (χ3n) is 3.22. The highest BCUT2D eigenvalue weighted by atomic mass is 16.2. The number of nitrogens with one attached hydrogen (secondary N) is 1. The van der Waals surface area contributed by atoms with E-state index < -0.39 is 0 Å². The molecule has 0 bridgehead atoms. The number of aryl methyl sites for hydroxylation is 1. The number of nitrogens with two attached hydrogens (primary N) is 1. The lowest BCUT2D eigenvalue weighted by molar-refractivity contribution is -0.126. The Kier molecular flexibility index (Phi) is 5.82. The molecule has 0 spiro atoms. The van der Waals surface area contributed by atoms with Gasteiger partial charge in [0.1, 0.15) is 0 Å². The average molecular weight is 249 g/mol. The van der Waals surface area contributed by atoms with Crippen LogP contribution in [0.3, 0.4) is 0 Å². The highest BCUT2D eigenvalue weighted by molar-refractivity contribution is 5.81. The Morgan fingerprint density at radius 1 is 1.44 bits per heavy atom. The van der Waals surface area contributed by atoms with Gasteiger partial charge in [0.2, 0.25) is 0 Å². The van der Waals surface area contributed by atoms with Gasteiger partial charge in [-0.1, -0.05) is 37.6 Å². The monoisotopic (exact) mass is 249 g/mol. The third-order valence-corrected chi connectivity index (χ3v) is 3.22. The van der Waals surface area contributed by atoms with Gasteiger partial charge in [0.05, 0.1) is 6.04 Å². The molecule has 0 saturated heterocycles. The molecule has 1 atom stereocenters. The highest BCUT2D eigenvalue weighted by Gasteiger charge is 2.21. The zero-order valence-electron chi connectivity index (χ0n) is 11.4. The summed E-state index contributed by atoms with van der Waals surface area (Å²) in [6, 6.07) is 8.05. The van der Waals surface area contributed by atoms with Crippen molar-refractivity contribution in [3.63, 3.8) is 0 Å². The summed E-state index contributed by atoms with van der Waals surface area (Å²) in [5, 5.41) is 0. The number of amides is 1. The van der Waals surface area contributed by atoms with Gasteiger partial charge in [-0.25, -0.2) is 5.84 Å². The summed E-state index contributed by atoms with van der Waals surface area (Å²) < 4.78 is 0. The fourth-order valence-corrected chi connectivity index (χ4v) is 2.09. The van der Waals surface area contributed by atoms with E-state index in [9.17, 15) is 4.79 Å². The van der Waals surface area contributed by atoms with Crippen molar-refractivity contribution >= 4 is 5.91 Å². The summed E-state index contributed by atoms with van der Waals surface area (Å²) in [4.78, 5) is 13.8. The number of hydrogen-bond acceptors (Lipinski definition) is 3. The van der Waals surface area contributed by atoms with Crippen molar-refractivity contribution in [3.05, 3.63) is 35.4 Å². The summed E-state index contributed by atoms with van der Waals surface area (Å²) in [5.41, 5.74) is 4.74. The lowest BCUT2D eigenvalue weighted by Gasteiger charge is -2.26. The van der Waals surface area contributed by atoms with Crippen molar-refractivity contribution in [2.24, 2.45) is 5.84 Å². The van der Waals surface area contributed by atoms with E-state index in [2.05, 4.69) is 31.4 Å². The molecule has 0 heterocycles. The summed E-state index contributed by atoms with van der Waals surface area (Å²) in [7, 11) is 1.96. The Balaban J connectivity index is 2.75. The predicted octanol–water partition coefficient (Wildman–Crippen LogP) is 1.59. The lowest BCUT2D eigenvalue weighted by Crippen LogP contribution is -2.47. The first-order valence-corrected chi connectivity index (χ1v) is 6.35. The van der Waals surface area contributed by atoms with Crippen molar-refractivity contribution in [2.45, 2.75) is 39.3 Å². The number of rotatable bonds is 6. The highest BCUT2D eigenvalue weighted by Crippen LogP contribution is 2.13. The van der Waals surface area contributed by atoms with E-state index in [1.807, 2.05) is 24.1 Å². The summed E-state index contributed by atoms with van der Waals surface area (Å²) in [5.74, 6) is 5.12. The molecule has 1 aromatic carbocycles. The molecule has 1 unspecified atom stereocenters. The molecule has 0 radical (unpaired) electrons. The molecular weight excluding hydrogens is 226 g/mol. The van der Waals surface area contributed by atoms with Crippen molar-refractivity contribution in [1.29, 1.82) is 0 Å². The van der Waals surface area contributed by atoms with Crippen LogP contribution in [-0.4, -0.2) is 23.9 Å². The Morgan fingerprint density at radius 3 is 2.67 bits per heavy atom. The fourth-order valence-electron chi connectivity index (χ4n) is 2.09. The fraction of sp³-hybridized carbons (Fsp3) is 0.500. The first-order valence-electron chi connectivity index (χ1n) is 6.35. The van der Waals surface area contributed by atoms with E-state index in [4.69, 9.17) is 5.84 Å². The predicted molar refractivity (Wildman–Crippen MR) is 73.7 cm³/mol. The Hall–Kier alpha value is -1.39. The molecule has 1 amide bonds. The Morgan fingerprint density at radius 2 is 2.11 bits per heavy atom. The third kappa shape index (κ3) is 3.82. The van der Waals surface area contributed by atoms with Crippen molar-refractivity contribution in [1.82, 2.24) is 10.3 Å². The number of nitrogens with zero attached hydrogens (tertiary/aromatic N) is 1. The Labute approximate surface area is 109 Å². The molecule has 1 aromatic rings. The van der Waals surface area contributed by atoms with Crippen LogP contribution in [0.2, 0.25) is 0 Å². The van der Waals surface area contributed by atoms with Crippen LogP contribution in [0.15, 0.2) is 24.3 Å². The second-order valence-electron chi connectivity index (χ2n) is 4.65. The molecule has 0 saturated carbocycles. The molecule has 0 aliphatic rings. The van der Waals surface area contributed by atoms with E-state index in [1.165, 1.54) is 11.1 Å². The van der Waals surface area contributed by atoms with Crippen LogP contribution in [-0.2, 0) is 11.3 Å². The first-order chi connectivity index (χ1) is 8.60. The van der Waals surface area contributed by atoms with E-state index in [0.717, 1.165) is 19.4 Å². The molecule has 4 heteroatoms. The number of likely N-dealkylation sites (N-methyl/N-ethyl adjacent to an activating group) is 1. The molecular formula is C14H23N3O. The molecule has 3 N–H and O–H groups in total. The van der Waals surface area contributed by atoms with Gasteiger partial charge in [-0.2, -0.15) is 0 Å². The molecule has 1 rings (SSSR count). The lowest BCUT2D eigenvalue weighted by atomic mass is 10.1. The quantitative estimate of drug-likeness (QED) is 0.457. The molecule has 4 nitrogen and oxygen atoms in total. The summed E-state index contributed by atoms with van der Waals surface area (Å²) >= 11 is 0. The van der Waals surface area contributed by atoms with E-state index in [1.54, 1.807) is 0 Å². The summed E-state index contributed by atoms with van der Waals surface area (Å²) in [6.45, 7) is 4.91.